The van der Waals surface area contributed by atoms with Crippen molar-refractivity contribution in [2.75, 3.05) is 6.54 Å². The molecule has 2 aromatic carbocycles. The number of halogens is 1. The lowest BCUT2D eigenvalue weighted by atomic mass is 10.1. The van der Waals surface area contributed by atoms with E-state index in [0.29, 0.717) is 13.1 Å². The first kappa shape index (κ1) is 14.8. The average Bonchev–Trinajstić information content (AvgIpc) is 2.48. The zero-order valence-electron chi connectivity index (χ0n) is 11.1. The van der Waals surface area contributed by atoms with Gasteiger partial charge < -0.3 is 4.90 Å². The third kappa shape index (κ3) is 3.70. The number of rotatable bonds is 5. The van der Waals surface area contributed by atoms with Gasteiger partial charge in [0.05, 0.1) is 5.56 Å². The van der Waals surface area contributed by atoms with Crippen molar-refractivity contribution in [1.29, 1.82) is 0 Å². The Morgan fingerprint density at radius 3 is 2.40 bits per heavy atom. The number of amides is 1. The summed E-state index contributed by atoms with van der Waals surface area (Å²) in [5, 5.41) is 0. The first-order valence-corrected chi connectivity index (χ1v) is 7.49. The Balaban J connectivity index is 2.22. The van der Waals surface area contributed by atoms with E-state index in [4.69, 9.17) is 0 Å². The van der Waals surface area contributed by atoms with Crippen LogP contribution in [0.4, 0.5) is 0 Å². The summed E-state index contributed by atoms with van der Waals surface area (Å²) in [7, 11) is 0. The fourth-order valence-corrected chi connectivity index (χ4v) is 2.60. The number of benzene rings is 2. The largest absolute Gasteiger partial charge is 0.331 e. The molecule has 2 nitrogen and oxygen atoms in total. The molecule has 0 spiro atoms. The summed E-state index contributed by atoms with van der Waals surface area (Å²) in [4.78, 5) is 14.4. The third-order valence-corrected chi connectivity index (χ3v) is 3.90. The molecule has 20 heavy (non-hydrogen) atoms. The van der Waals surface area contributed by atoms with Crippen LogP contribution in [0.25, 0.3) is 0 Å². The van der Waals surface area contributed by atoms with Gasteiger partial charge in [-0.2, -0.15) is 0 Å². The van der Waals surface area contributed by atoms with Gasteiger partial charge in [-0.05, 0) is 40.3 Å². The van der Waals surface area contributed by atoms with Gasteiger partial charge in [-0.3, -0.25) is 4.79 Å². The van der Waals surface area contributed by atoms with E-state index < -0.39 is 0 Å². The molecular formula is C17H16INO. The standard InChI is InChI=1S/C17H16INO/c1-2-12-19(13-14-8-4-3-5-9-14)17(20)15-10-6-7-11-16(15)18/h2-11H,1,12-13H2. The van der Waals surface area contributed by atoms with Crippen LogP contribution in [0, 0.1) is 3.57 Å². The van der Waals surface area contributed by atoms with Crippen molar-refractivity contribution in [3.05, 3.63) is 81.9 Å². The maximum Gasteiger partial charge on any atom is 0.255 e. The van der Waals surface area contributed by atoms with Gasteiger partial charge in [0.1, 0.15) is 0 Å². The maximum atomic E-state index is 12.6. The van der Waals surface area contributed by atoms with Crippen molar-refractivity contribution in [2.45, 2.75) is 6.54 Å². The molecule has 0 saturated heterocycles. The fourth-order valence-electron chi connectivity index (χ4n) is 1.98. The lowest BCUT2D eigenvalue weighted by Crippen LogP contribution is -2.31. The molecule has 0 N–H and O–H groups in total. The molecule has 0 radical (unpaired) electrons. The second-order valence-electron chi connectivity index (χ2n) is 4.44. The van der Waals surface area contributed by atoms with Crippen molar-refractivity contribution in [3.8, 4) is 0 Å². The zero-order valence-corrected chi connectivity index (χ0v) is 13.3. The number of carbonyl (C=O) groups excluding carboxylic acids is 1. The molecule has 0 aromatic heterocycles. The van der Waals surface area contributed by atoms with Crippen molar-refractivity contribution in [3.63, 3.8) is 0 Å². The van der Waals surface area contributed by atoms with Crippen molar-refractivity contribution in [2.24, 2.45) is 0 Å². The highest BCUT2D eigenvalue weighted by molar-refractivity contribution is 14.1. The molecule has 0 unspecified atom stereocenters. The predicted octanol–water partition coefficient (Wildman–Crippen LogP) is 4.12. The monoisotopic (exact) mass is 377 g/mol. The Bertz CT molecular complexity index is 595. The Labute approximate surface area is 133 Å². The van der Waals surface area contributed by atoms with E-state index in [1.54, 1.807) is 11.0 Å². The van der Waals surface area contributed by atoms with E-state index in [1.165, 1.54) is 0 Å². The van der Waals surface area contributed by atoms with Gasteiger partial charge in [0, 0.05) is 16.7 Å². The summed E-state index contributed by atoms with van der Waals surface area (Å²) in [5.74, 6) is 0.0405. The van der Waals surface area contributed by atoms with E-state index in [-0.39, 0.29) is 5.91 Å². The molecule has 0 aliphatic heterocycles. The fraction of sp³-hybridized carbons (Fsp3) is 0.118. The summed E-state index contributed by atoms with van der Waals surface area (Å²) < 4.78 is 0.970. The van der Waals surface area contributed by atoms with Gasteiger partial charge in [-0.1, -0.05) is 48.5 Å². The van der Waals surface area contributed by atoms with Crippen LogP contribution in [-0.2, 0) is 6.54 Å². The van der Waals surface area contributed by atoms with Gasteiger partial charge in [0.15, 0.2) is 0 Å². The summed E-state index contributed by atoms with van der Waals surface area (Å²) in [6, 6.07) is 17.6. The van der Waals surface area contributed by atoms with Gasteiger partial charge in [-0.15, -0.1) is 6.58 Å². The Kier molecular flexibility index (Phi) is 5.35. The van der Waals surface area contributed by atoms with E-state index in [0.717, 1.165) is 14.7 Å². The molecular weight excluding hydrogens is 361 g/mol. The molecule has 2 aromatic rings. The average molecular weight is 377 g/mol. The second kappa shape index (κ2) is 7.24. The lowest BCUT2D eigenvalue weighted by molar-refractivity contribution is 0.0761. The van der Waals surface area contributed by atoms with Crippen LogP contribution in [0.1, 0.15) is 15.9 Å². The van der Waals surface area contributed by atoms with Gasteiger partial charge in [0.2, 0.25) is 0 Å². The third-order valence-electron chi connectivity index (χ3n) is 2.96. The van der Waals surface area contributed by atoms with Gasteiger partial charge >= 0.3 is 0 Å². The normalized spacial score (nSPS) is 10.1. The van der Waals surface area contributed by atoms with Crippen LogP contribution in [0.15, 0.2) is 67.3 Å². The number of hydrogen-bond acceptors (Lipinski definition) is 1. The van der Waals surface area contributed by atoms with Crippen LogP contribution < -0.4 is 0 Å². The van der Waals surface area contributed by atoms with Crippen molar-refractivity contribution < 1.29 is 4.79 Å². The van der Waals surface area contributed by atoms with Crippen LogP contribution >= 0.6 is 22.6 Å². The predicted molar refractivity (Wildman–Crippen MR) is 90.5 cm³/mol. The molecule has 0 heterocycles. The highest BCUT2D eigenvalue weighted by atomic mass is 127. The molecule has 3 heteroatoms. The maximum absolute atomic E-state index is 12.6. The van der Waals surface area contributed by atoms with E-state index in [2.05, 4.69) is 29.2 Å². The van der Waals surface area contributed by atoms with Gasteiger partial charge in [-0.25, -0.2) is 0 Å². The molecule has 0 fully saturated rings. The minimum Gasteiger partial charge on any atom is -0.331 e. The van der Waals surface area contributed by atoms with Crippen molar-refractivity contribution in [1.82, 2.24) is 4.90 Å². The summed E-state index contributed by atoms with van der Waals surface area (Å²) in [6.45, 7) is 4.88. The first-order chi connectivity index (χ1) is 9.72. The quantitative estimate of drug-likeness (QED) is 0.567. The highest BCUT2D eigenvalue weighted by Crippen LogP contribution is 2.16. The molecule has 0 saturated carbocycles. The minimum absolute atomic E-state index is 0.0405. The molecule has 0 aliphatic carbocycles. The van der Waals surface area contributed by atoms with E-state index in [9.17, 15) is 4.79 Å². The Morgan fingerprint density at radius 1 is 1.10 bits per heavy atom. The molecule has 0 atom stereocenters. The second-order valence-corrected chi connectivity index (χ2v) is 5.60. The molecule has 102 valence electrons. The van der Waals surface area contributed by atoms with E-state index in [1.807, 2.05) is 54.6 Å². The van der Waals surface area contributed by atoms with E-state index >= 15 is 0 Å². The molecule has 1 amide bonds. The summed E-state index contributed by atoms with van der Waals surface area (Å²) in [6.07, 6.45) is 1.76. The molecule has 0 bridgehead atoms. The van der Waals surface area contributed by atoms with Crippen LogP contribution in [0.5, 0.6) is 0 Å². The minimum atomic E-state index is 0.0405. The Morgan fingerprint density at radius 2 is 1.75 bits per heavy atom. The summed E-state index contributed by atoms with van der Waals surface area (Å²) >= 11 is 2.20. The first-order valence-electron chi connectivity index (χ1n) is 6.41. The Hall–Kier alpha value is -1.62. The molecule has 0 aliphatic rings. The summed E-state index contributed by atoms with van der Waals surface area (Å²) in [5.41, 5.74) is 1.86. The highest BCUT2D eigenvalue weighted by Gasteiger charge is 2.16. The lowest BCUT2D eigenvalue weighted by Gasteiger charge is -2.22. The van der Waals surface area contributed by atoms with Gasteiger partial charge in [0.25, 0.3) is 5.91 Å². The number of nitrogens with zero attached hydrogens (tertiary/aromatic N) is 1. The number of carbonyl (C=O) groups is 1. The number of hydrogen-bond donors (Lipinski definition) is 0. The zero-order chi connectivity index (χ0) is 14.4. The smallest absolute Gasteiger partial charge is 0.255 e. The SMILES string of the molecule is C=CCN(Cc1ccccc1)C(=O)c1ccccc1I. The van der Waals surface area contributed by atoms with Crippen molar-refractivity contribution >= 4 is 28.5 Å². The van der Waals surface area contributed by atoms with Crippen LogP contribution in [0.3, 0.4) is 0 Å². The molecule has 2 rings (SSSR count). The van der Waals surface area contributed by atoms with Crippen LogP contribution in [-0.4, -0.2) is 17.4 Å². The van der Waals surface area contributed by atoms with Crippen LogP contribution in [0.2, 0.25) is 0 Å². The topological polar surface area (TPSA) is 20.3 Å².